The molecule has 0 bridgehead atoms. The van der Waals surface area contributed by atoms with Gasteiger partial charge in [-0.25, -0.2) is 4.79 Å². The average molecular weight is 512 g/mol. The summed E-state index contributed by atoms with van der Waals surface area (Å²) in [4.78, 5) is 25.2. The first-order chi connectivity index (χ1) is 18.2. The Morgan fingerprint density at radius 2 is 1.63 bits per heavy atom. The summed E-state index contributed by atoms with van der Waals surface area (Å²) in [5, 5.41) is 7.55. The normalized spacial score (nSPS) is 11.2. The number of carbonyl (C=O) groups is 2. The summed E-state index contributed by atoms with van der Waals surface area (Å²) in [7, 11) is 1.76. The van der Waals surface area contributed by atoms with E-state index in [0.29, 0.717) is 24.6 Å². The number of rotatable bonds is 9. The summed E-state index contributed by atoms with van der Waals surface area (Å²) in [6.07, 6.45) is 0. The third-order valence-electron chi connectivity index (χ3n) is 6.20. The molecule has 0 fully saturated rings. The van der Waals surface area contributed by atoms with Gasteiger partial charge in [-0.3, -0.25) is 9.48 Å². The molecule has 4 rings (SSSR count). The molecular weight excluding hydrogens is 478 g/mol. The second-order valence-corrected chi connectivity index (χ2v) is 9.60. The maximum absolute atomic E-state index is 13.0. The van der Waals surface area contributed by atoms with Crippen LogP contribution in [0.4, 0.5) is 0 Å². The van der Waals surface area contributed by atoms with Gasteiger partial charge in [0.1, 0.15) is 11.4 Å². The van der Waals surface area contributed by atoms with E-state index < -0.39 is 11.6 Å². The number of nitrogens with one attached hydrogen (secondary N) is 1. The lowest BCUT2D eigenvalue weighted by Gasteiger charge is -2.25. The molecule has 3 aromatic carbocycles. The number of nitrogens with zero attached hydrogens (tertiary/aromatic N) is 2. The quantitative estimate of drug-likeness (QED) is 0.291. The lowest BCUT2D eigenvalue weighted by Crippen LogP contribution is -2.39. The van der Waals surface area contributed by atoms with Gasteiger partial charge in [0.05, 0.1) is 12.3 Å². The monoisotopic (exact) mass is 511 g/mol. The Labute approximate surface area is 223 Å². The molecule has 0 aliphatic carbocycles. The number of esters is 1. The van der Waals surface area contributed by atoms with Crippen LogP contribution in [0, 0.1) is 6.92 Å². The maximum atomic E-state index is 13.0. The van der Waals surface area contributed by atoms with Crippen molar-refractivity contribution in [2.75, 3.05) is 6.61 Å². The first-order valence-electron chi connectivity index (χ1n) is 12.6. The Morgan fingerprint density at radius 3 is 2.34 bits per heavy atom. The van der Waals surface area contributed by atoms with Crippen LogP contribution < -0.4 is 10.1 Å². The van der Waals surface area contributed by atoms with Crippen LogP contribution in [0.25, 0.3) is 22.4 Å². The first kappa shape index (κ1) is 26.7. The second kappa shape index (κ2) is 11.3. The highest BCUT2D eigenvalue weighted by atomic mass is 16.6. The molecule has 1 aromatic heterocycles. The van der Waals surface area contributed by atoms with Crippen LogP contribution in [0.5, 0.6) is 5.75 Å². The van der Waals surface area contributed by atoms with Crippen molar-refractivity contribution >= 4 is 11.9 Å². The minimum Gasteiger partial charge on any atom is -0.476 e. The van der Waals surface area contributed by atoms with Crippen LogP contribution in [0.15, 0.2) is 78.9 Å². The van der Waals surface area contributed by atoms with Gasteiger partial charge in [0, 0.05) is 19.2 Å². The highest BCUT2D eigenvalue weighted by molar-refractivity contribution is 5.93. The summed E-state index contributed by atoms with van der Waals surface area (Å²) in [5.74, 6) is -0.0443. The van der Waals surface area contributed by atoms with E-state index in [-0.39, 0.29) is 5.91 Å². The summed E-state index contributed by atoms with van der Waals surface area (Å²) in [5.41, 5.74) is 5.03. The minimum atomic E-state index is -1.10. The average Bonchev–Trinajstić information content (AvgIpc) is 3.31. The highest BCUT2D eigenvalue weighted by Gasteiger charge is 2.32. The zero-order valence-electron chi connectivity index (χ0n) is 22.4. The largest absolute Gasteiger partial charge is 0.476 e. The predicted molar refractivity (Wildman–Crippen MR) is 148 cm³/mol. The Hall–Kier alpha value is -4.39. The number of aryl methyl sites for hydroxylation is 2. The summed E-state index contributed by atoms with van der Waals surface area (Å²) in [6.45, 7) is 7.65. The third kappa shape index (κ3) is 6.11. The van der Waals surface area contributed by atoms with E-state index in [1.807, 2.05) is 49.4 Å². The molecule has 0 unspecified atom stereocenters. The lowest BCUT2D eigenvalue weighted by atomic mass is 10.0. The first-order valence-corrected chi connectivity index (χ1v) is 12.6. The standard InChI is InChI=1S/C31H33N3O4/c1-6-37-30(36)31(3,4)38-28-16-15-22(17-21(28)2)20-32-29(35)27-19-26(33-34(27)5)25-14-10-13-24(18-25)23-11-8-7-9-12-23/h7-19H,6,20H2,1-5H3,(H,32,35). The van der Waals surface area contributed by atoms with Crippen LogP contribution in [-0.2, 0) is 23.1 Å². The van der Waals surface area contributed by atoms with E-state index in [2.05, 4.69) is 34.7 Å². The van der Waals surface area contributed by atoms with Gasteiger partial charge in [0.2, 0.25) is 0 Å². The van der Waals surface area contributed by atoms with Gasteiger partial charge in [-0.15, -0.1) is 0 Å². The van der Waals surface area contributed by atoms with Crippen molar-refractivity contribution in [1.29, 1.82) is 0 Å². The van der Waals surface area contributed by atoms with Crippen molar-refractivity contribution in [1.82, 2.24) is 15.1 Å². The van der Waals surface area contributed by atoms with E-state index in [0.717, 1.165) is 33.5 Å². The molecule has 7 nitrogen and oxygen atoms in total. The van der Waals surface area contributed by atoms with Crippen molar-refractivity contribution in [3.8, 4) is 28.1 Å². The molecule has 0 aliphatic heterocycles. The number of benzene rings is 3. The number of hydrogen-bond acceptors (Lipinski definition) is 5. The van der Waals surface area contributed by atoms with Crippen LogP contribution >= 0.6 is 0 Å². The molecule has 1 N–H and O–H groups in total. The van der Waals surface area contributed by atoms with Crippen LogP contribution in [0.1, 0.15) is 42.4 Å². The SMILES string of the molecule is CCOC(=O)C(C)(C)Oc1ccc(CNC(=O)c2cc(-c3cccc(-c4ccccc4)c3)nn2C)cc1C. The fraction of sp³-hybridized carbons (Fsp3) is 0.258. The topological polar surface area (TPSA) is 82.4 Å². The van der Waals surface area contributed by atoms with Crippen LogP contribution in [0.3, 0.4) is 0 Å². The van der Waals surface area contributed by atoms with Crippen LogP contribution in [-0.4, -0.2) is 33.9 Å². The van der Waals surface area contributed by atoms with E-state index in [1.165, 1.54) is 0 Å². The molecule has 7 heteroatoms. The van der Waals surface area contributed by atoms with Crippen molar-refractivity contribution in [3.63, 3.8) is 0 Å². The van der Waals surface area contributed by atoms with Crippen molar-refractivity contribution in [2.24, 2.45) is 7.05 Å². The number of carbonyl (C=O) groups excluding carboxylic acids is 2. The molecule has 0 saturated carbocycles. The van der Waals surface area contributed by atoms with Gasteiger partial charge in [-0.2, -0.15) is 5.10 Å². The number of aromatic nitrogens is 2. The van der Waals surface area contributed by atoms with E-state index in [4.69, 9.17) is 9.47 Å². The van der Waals surface area contributed by atoms with Gasteiger partial charge in [0.15, 0.2) is 5.60 Å². The number of ether oxygens (including phenoxy) is 2. The Kier molecular flexibility index (Phi) is 7.96. The van der Waals surface area contributed by atoms with Gasteiger partial charge < -0.3 is 14.8 Å². The fourth-order valence-corrected chi connectivity index (χ4v) is 4.14. The van der Waals surface area contributed by atoms with E-state index >= 15 is 0 Å². The molecule has 1 amide bonds. The molecule has 38 heavy (non-hydrogen) atoms. The molecule has 196 valence electrons. The maximum Gasteiger partial charge on any atom is 0.349 e. The van der Waals surface area contributed by atoms with Gasteiger partial charge >= 0.3 is 5.97 Å². The number of amides is 1. The smallest absolute Gasteiger partial charge is 0.349 e. The highest BCUT2D eigenvalue weighted by Crippen LogP contribution is 2.27. The van der Waals surface area contributed by atoms with E-state index in [9.17, 15) is 9.59 Å². The predicted octanol–water partition coefficient (Wildman–Crippen LogP) is 5.71. The van der Waals surface area contributed by atoms with E-state index in [1.54, 1.807) is 44.6 Å². The molecule has 0 atom stereocenters. The molecular formula is C31H33N3O4. The second-order valence-electron chi connectivity index (χ2n) is 9.60. The molecule has 0 spiro atoms. The van der Waals surface area contributed by atoms with Crippen molar-refractivity contribution in [2.45, 2.75) is 39.8 Å². The van der Waals surface area contributed by atoms with Gasteiger partial charge in [0.25, 0.3) is 5.91 Å². The zero-order valence-corrected chi connectivity index (χ0v) is 22.4. The van der Waals surface area contributed by atoms with Crippen molar-refractivity contribution < 1.29 is 19.1 Å². The summed E-state index contributed by atoms with van der Waals surface area (Å²) >= 11 is 0. The molecule has 0 aliphatic rings. The Morgan fingerprint density at radius 1 is 0.921 bits per heavy atom. The Bertz CT molecular complexity index is 1440. The van der Waals surface area contributed by atoms with Crippen molar-refractivity contribution in [3.05, 3.63) is 95.7 Å². The number of hydrogen-bond donors (Lipinski definition) is 1. The Balaban J connectivity index is 1.43. The summed E-state index contributed by atoms with van der Waals surface area (Å²) < 4.78 is 12.6. The van der Waals surface area contributed by atoms with Gasteiger partial charge in [-0.1, -0.05) is 60.7 Å². The van der Waals surface area contributed by atoms with Crippen LogP contribution in [0.2, 0.25) is 0 Å². The molecule has 1 heterocycles. The summed E-state index contributed by atoms with van der Waals surface area (Å²) in [6, 6.07) is 25.7. The van der Waals surface area contributed by atoms with Gasteiger partial charge in [-0.05, 0) is 68.1 Å². The molecule has 4 aromatic rings. The third-order valence-corrected chi connectivity index (χ3v) is 6.20. The molecule has 0 radical (unpaired) electrons. The molecule has 0 saturated heterocycles. The minimum absolute atomic E-state index is 0.216. The lowest BCUT2D eigenvalue weighted by molar-refractivity contribution is -0.158. The zero-order chi connectivity index (χ0) is 27.3. The fourth-order valence-electron chi connectivity index (χ4n) is 4.14.